The largest absolute Gasteiger partial charge is 0.322 e. The maximum Gasteiger partial charge on any atom is 0.268 e. The van der Waals surface area contributed by atoms with Crippen LogP contribution in [0.25, 0.3) is 5.69 Å². The fourth-order valence-electron chi connectivity index (χ4n) is 3.87. The summed E-state index contributed by atoms with van der Waals surface area (Å²) in [5.74, 6) is -0.539. The first-order valence-corrected chi connectivity index (χ1v) is 9.59. The Bertz CT molecular complexity index is 1150. The van der Waals surface area contributed by atoms with Crippen LogP contribution in [0.15, 0.2) is 71.7 Å². The van der Waals surface area contributed by atoms with Crippen LogP contribution in [-0.4, -0.2) is 16.3 Å². The summed E-state index contributed by atoms with van der Waals surface area (Å²) in [6.07, 6.45) is 2.47. The minimum Gasteiger partial charge on any atom is -0.322 e. The van der Waals surface area contributed by atoms with Crippen molar-refractivity contribution in [2.24, 2.45) is 5.41 Å². The summed E-state index contributed by atoms with van der Waals surface area (Å²) in [5, 5.41) is 2.81. The third-order valence-corrected chi connectivity index (χ3v) is 5.21. The molecule has 4 rings (SSSR count). The lowest BCUT2D eigenvalue weighted by Crippen LogP contribution is -2.37. The highest BCUT2D eigenvalue weighted by atomic mass is 16.2. The number of anilines is 1. The molecule has 1 N–H and O–H groups in total. The van der Waals surface area contributed by atoms with Gasteiger partial charge in [0.2, 0.25) is 0 Å². The SMILES string of the molecule is CC1(C)CC(=O)c2cn(-c3ccccc3)c(=O)c(C(=O)Nc3ccccc3)c2C1. The molecule has 1 aliphatic rings. The van der Waals surface area contributed by atoms with Gasteiger partial charge in [-0.2, -0.15) is 0 Å². The number of pyridine rings is 1. The Morgan fingerprint density at radius 1 is 0.931 bits per heavy atom. The third-order valence-electron chi connectivity index (χ3n) is 5.21. The second-order valence-electron chi connectivity index (χ2n) is 8.17. The highest BCUT2D eigenvalue weighted by molar-refractivity contribution is 6.08. The Morgan fingerprint density at radius 3 is 2.21 bits per heavy atom. The van der Waals surface area contributed by atoms with Crippen molar-refractivity contribution in [2.45, 2.75) is 26.7 Å². The number of Topliss-reactive ketones (excluding diaryl/α,β-unsaturated/α-hetero) is 1. The van der Waals surface area contributed by atoms with Gasteiger partial charge in [0.1, 0.15) is 5.56 Å². The number of carbonyl (C=O) groups is 2. The Kier molecular flexibility index (Phi) is 4.66. The summed E-state index contributed by atoms with van der Waals surface area (Å²) in [6, 6.07) is 18.0. The third kappa shape index (κ3) is 3.63. The quantitative estimate of drug-likeness (QED) is 0.732. The lowest BCUT2D eigenvalue weighted by atomic mass is 9.73. The summed E-state index contributed by atoms with van der Waals surface area (Å²) < 4.78 is 1.40. The molecule has 146 valence electrons. The van der Waals surface area contributed by atoms with Gasteiger partial charge in [-0.25, -0.2) is 0 Å². The average Bonchev–Trinajstić information content (AvgIpc) is 2.68. The molecule has 2 aromatic carbocycles. The van der Waals surface area contributed by atoms with Gasteiger partial charge in [-0.15, -0.1) is 0 Å². The van der Waals surface area contributed by atoms with E-state index in [1.807, 2.05) is 50.2 Å². The normalized spacial score (nSPS) is 14.9. The number of hydrogen-bond acceptors (Lipinski definition) is 3. The molecule has 0 spiro atoms. The Balaban J connectivity index is 1.92. The Morgan fingerprint density at radius 2 is 1.55 bits per heavy atom. The van der Waals surface area contributed by atoms with Crippen LogP contribution in [0, 0.1) is 5.41 Å². The van der Waals surface area contributed by atoms with Crippen molar-refractivity contribution in [3.05, 3.63) is 93.9 Å². The van der Waals surface area contributed by atoms with Crippen LogP contribution in [0.4, 0.5) is 5.69 Å². The van der Waals surface area contributed by atoms with Crippen LogP contribution < -0.4 is 10.9 Å². The first-order chi connectivity index (χ1) is 13.9. The lowest BCUT2D eigenvalue weighted by Gasteiger charge is -2.31. The van der Waals surface area contributed by atoms with E-state index >= 15 is 0 Å². The molecule has 1 amide bonds. The van der Waals surface area contributed by atoms with E-state index in [9.17, 15) is 14.4 Å². The molecular weight excluding hydrogens is 364 g/mol. The highest BCUT2D eigenvalue weighted by Crippen LogP contribution is 2.36. The van der Waals surface area contributed by atoms with Gasteiger partial charge in [-0.3, -0.25) is 19.0 Å². The van der Waals surface area contributed by atoms with E-state index in [0.29, 0.717) is 35.3 Å². The molecule has 0 atom stereocenters. The number of carbonyl (C=O) groups excluding carboxylic acids is 2. The maximum atomic E-state index is 13.4. The molecule has 1 heterocycles. The first-order valence-electron chi connectivity index (χ1n) is 9.59. The van der Waals surface area contributed by atoms with Gasteiger partial charge >= 0.3 is 0 Å². The van der Waals surface area contributed by atoms with Crippen molar-refractivity contribution in [3.63, 3.8) is 0 Å². The second kappa shape index (κ2) is 7.17. The van der Waals surface area contributed by atoms with E-state index < -0.39 is 11.5 Å². The molecule has 1 aliphatic carbocycles. The van der Waals surface area contributed by atoms with E-state index in [-0.39, 0.29) is 16.8 Å². The molecule has 1 aromatic heterocycles. The van der Waals surface area contributed by atoms with E-state index in [2.05, 4.69) is 5.32 Å². The van der Waals surface area contributed by atoms with Crippen molar-refractivity contribution >= 4 is 17.4 Å². The Labute approximate surface area is 169 Å². The summed E-state index contributed by atoms with van der Waals surface area (Å²) in [6.45, 7) is 3.96. The number of benzene rings is 2. The van der Waals surface area contributed by atoms with Gasteiger partial charge in [-0.05, 0) is 41.7 Å². The summed E-state index contributed by atoms with van der Waals surface area (Å²) in [7, 11) is 0. The molecule has 3 aromatic rings. The highest BCUT2D eigenvalue weighted by Gasteiger charge is 2.35. The lowest BCUT2D eigenvalue weighted by molar-refractivity contribution is 0.0910. The molecular formula is C24H22N2O3. The average molecular weight is 386 g/mol. The number of nitrogens with one attached hydrogen (secondary N) is 1. The fourth-order valence-corrected chi connectivity index (χ4v) is 3.87. The van der Waals surface area contributed by atoms with E-state index in [1.54, 1.807) is 30.5 Å². The summed E-state index contributed by atoms with van der Waals surface area (Å²) >= 11 is 0. The molecule has 0 bridgehead atoms. The molecule has 0 aliphatic heterocycles. The van der Waals surface area contributed by atoms with Crippen molar-refractivity contribution < 1.29 is 9.59 Å². The number of nitrogens with zero attached hydrogens (tertiary/aromatic N) is 1. The van der Waals surface area contributed by atoms with Gasteiger partial charge in [0.15, 0.2) is 5.78 Å². The van der Waals surface area contributed by atoms with Gasteiger partial charge in [0.25, 0.3) is 11.5 Å². The summed E-state index contributed by atoms with van der Waals surface area (Å²) in [4.78, 5) is 39.4. The van der Waals surface area contributed by atoms with Crippen molar-refractivity contribution in [1.82, 2.24) is 4.57 Å². The molecule has 0 unspecified atom stereocenters. The molecule has 0 saturated carbocycles. The fraction of sp³-hybridized carbons (Fsp3) is 0.208. The van der Waals surface area contributed by atoms with Gasteiger partial charge in [0, 0.05) is 29.6 Å². The number of fused-ring (bicyclic) bond motifs is 1. The topological polar surface area (TPSA) is 68.2 Å². The predicted octanol–water partition coefficient (Wildman–Crippen LogP) is 4.24. The van der Waals surface area contributed by atoms with Crippen LogP contribution >= 0.6 is 0 Å². The van der Waals surface area contributed by atoms with E-state index in [0.717, 1.165) is 0 Å². The van der Waals surface area contributed by atoms with Crippen molar-refractivity contribution in [3.8, 4) is 5.69 Å². The smallest absolute Gasteiger partial charge is 0.268 e. The van der Waals surface area contributed by atoms with Gasteiger partial charge in [-0.1, -0.05) is 50.2 Å². The monoisotopic (exact) mass is 386 g/mol. The van der Waals surface area contributed by atoms with Crippen LogP contribution in [0.5, 0.6) is 0 Å². The maximum absolute atomic E-state index is 13.4. The van der Waals surface area contributed by atoms with Crippen molar-refractivity contribution in [2.75, 3.05) is 5.32 Å². The zero-order valence-corrected chi connectivity index (χ0v) is 16.4. The van der Waals surface area contributed by atoms with E-state index in [1.165, 1.54) is 4.57 Å². The standard InChI is InChI=1S/C24H22N2O3/c1-24(2)13-18-19(20(27)14-24)15-26(17-11-7-4-8-12-17)23(29)21(18)22(28)25-16-9-5-3-6-10-16/h3-12,15H,13-14H2,1-2H3,(H,25,28). The number of amides is 1. The van der Waals surface area contributed by atoms with Gasteiger partial charge in [0.05, 0.1) is 0 Å². The van der Waals surface area contributed by atoms with Crippen LogP contribution in [0.1, 0.15) is 46.5 Å². The second-order valence-corrected chi connectivity index (χ2v) is 8.17. The molecule has 29 heavy (non-hydrogen) atoms. The molecule has 5 nitrogen and oxygen atoms in total. The minimum absolute atomic E-state index is 0.0383. The predicted molar refractivity (Wildman–Crippen MR) is 113 cm³/mol. The van der Waals surface area contributed by atoms with Crippen molar-refractivity contribution in [1.29, 1.82) is 0 Å². The number of ketones is 1. The minimum atomic E-state index is -0.492. The van der Waals surface area contributed by atoms with E-state index in [4.69, 9.17) is 0 Å². The van der Waals surface area contributed by atoms with Crippen LogP contribution in [0.3, 0.4) is 0 Å². The first kappa shape index (κ1) is 18.9. The zero-order valence-electron chi connectivity index (χ0n) is 16.4. The summed E-state index contributed by atoms with van der Waals surface area (Å²) in [5.41, 5.74) is 1.51. The van der Waals surface area contributed by atoms with Crippen LogP contribution in [0.2, 0.25) is 0 Å². The molecule has 0 saturated heterocycles. The Hall–Kier alpha value is -3.47. The molecule has 0 fully saturated rings. The van der Waals surface area contributed by atoms with Gasteiger partial charge < -0.3 is 5.32 Å². The van der Waals surface area contributed by atoms with Crippen LogP contribution in [-0.2, 0) is 6.42 Å². The number of rotatable bonds is 3. The zero-order chi connectivity index (χ0) is 20.6. The number of aromatic nitrogens is 1. The molecule has 5 heteroatoms. The molecule has 0 radical (unpaired) electrons. The number of para-hydroxylation sites is 2. The number of hydrogen-bond donors (Lipinski definition) is 1.